The van der Waals surface area contributed by atoms with Crippen LogP contribution < -0.4 is 4.72 Å². The number of benzene rings is 1. The zero-order valence-corrected chi connectivity index (χ0v) is 14.2. The van der Waals surface area contributed by atoms with E-state index in [0.29, 0.717) is 3.79 Å². The molecule has 108 valence electrons. The molecule has 0 radical (unpaired) electrons. The lowest BCUT2D eigenvalue weighted by atomic mass is 10.3. The molecule has 1 heterocycles. The molecule has 0 bridgehead atoms. The molecule has 0 aliphatic carbocycles. The Morgan fingerprint density at radius 1 is 1.05 bits per heavy atom. The molecular formula is C11H10BrNO4S3. The first-order chi connectivity index (χ1) is 9.20. The first kappa shape index (κ1) is 15.5. The van der Waals surface area contributed by atoms with Gasteiger partial charge in [0, 0.05) is 6.26 Å². The Labute approximate surface area is 129 Å². The van der Waals surface area contributed by atoms with E-state index in [1.54, 1.807) is 12.1 Å². The average Bonchev–Trinajstić information content (AvgIpc) is 2.75. The number of halogens is 1. The summed E-state index contributed by atoms with van der Waals surface area (Å²) in [6.45, 7) is 0. The molecule has 0 aliphatic heterocycles. The van der Waals surface area contributed by atoms with E-state index in [2.05, 4.69) is 20.7 Å². The van der Waals surface area contributed by atoms with Crippen molar-refractivity contribution < 1.29 is 16.8 Å². The predicted octanol–water partition coefficient (Wildman–Crippen LogP) is 2.71. The number of para-hydroxylation sites is 1. The zero-order chi connectivity index (χ0) is 15.0. The van der Waals surface area contributed by atoms with Crippen molar-refractivity contribution in [1.82, 2.24) is 0 Å². The van der Waals surface area contributed by atoms with Crippen LogP contribution in [-0.4, -0.2) is 23.1 Å². The first-order valence-electron chi connectivity index (χ1n) is 5.27. The van der Waals surface area contributed by atoms with E-state index < -0.39 is 19.9 Å². The van der Waals surface area contributed by atoms with Crippen LogP contribution in [0.1, 0.15) is 0 Å². The van der Waals surface area contributed by atoms with Gasteiger partial charge < -0.3 is 0 Å². The van der Waals surface area contributed by atoms with Gasteiger partial charge >= 0.3 is 0 Å². The molecule has 0 amide bonds. The molecule has 0 atom stereocenters. The highest BCUT2D eigenvalue weighted by atomic mass is 79.9. The van der Waals surface area contributed by atoms with Crippen molar-refractivity contribution in [3.8, 4) is 0 Å². The van der Waals surface area contributed by atoms with Gasteiger partial charge in [-0.2, -0.15) is 0 Å². The standard InChI is InChI=1S/C11H10BrNO4S3/c1-19(14,15)9-5-3-2-4-8(9)13-20(16,17)11-7-6-10(12)18-11/h2-7,13H,1H3. The molecule has 9 heteroatoms. The summed E-state index contributed by atoms with van der Waals surface area (Å²) in [4.78, 5) is -0.0563. The van der Waals surface area contributed by atoms with Crippen LogP contribution in [0.3, 0.4) is 0 Å². The molecule has 2 rings (SSSR count). The van der Waals surface area contributed by atoms with Crippen LogP contribution in [0.4, 0.5) is 5.69 Å². The maximum absolute atomic E-state index is 12.2. The highest BCUT2D eigenvalue weighted by Gasteiger charge is 2.20. The fourth-order valence-electron chi connectivity index (χ4n) is 1.51. The normalized spacial score (nSPS) is 12.3. The summed E-state index contributed by atoms with van der Waals surface area (Å²) in [6, 6.07) is 8.93. The van der Waals surface area contributed by atoms with Gasteiger partial charge in [0.2, 0.25) is 0 Å². The minimum absolute atomic E-state index is 0.0412. The Hall–Kier alpha value is -0.900. The van der Waals surface area contributed by atoms with Crippen molar-refractivity contribution in [3.63, 3.8) is 0 Å². The van der Waals surface area contributed by atoms with Crippen molar-refractivity contribution in [2.75, 3.05) is 11.0 Å². The van der Waals surface area contributed by atoms with Crippen LogP contribution in [-0.2, 0) is 19.9 Å². The number of hydrogen-bond acceptors (Lipinski definition) is 5. The lowest BCUT2D eigenvalue weighted by molar-refractivity contribution is 0.602. The number of nitrogens with one attached hydrogen (secondary N) is 1. The summed E-state index contributed by atoms with van der Waals surface area (Å²) in [7, 11) is -7.32. The second-order valence-corrected chi connectivity index (χ2v) is 10.3. The SMILES string of the molecule is CS(=O)(=O)c1ccccc1NS(=O)(=O)c1ccc(Br)s1. The Bertz CT molecular complexity index is 840. The van der Waals surface area contributed by atoms with E-state index >= 15 is 0 Å². The molecular weight excluding hydrogens is 386 g/mol. The molecule has 0 unspecified atom stereocenters. The molecule has 0 aliphatic rings. The Morgan fingerprint density at radius 3 is 2.25 bits per heavy atom. The van der Waals surface area contributed by atoms with E-state index in [1.165, 1.54) is 24.3 Å². The zero-order valence-electron chi connectivity index (χ0n) is 10.2. The van der Waals surface area contributed by atoms with E-state index in [4.69, 9.17) is 0 Å². The van der Waals surface area contributed by atoms with Crippen LogP contribution in [0.25, 0.3) is 0 Å². The lowest BCUT2D eigenvalue weighted by Gasteiger charge is -2.10. The summed E-state index contributed by atoms with van der Waals surface area (Å²) in [6.07, 6.45) is 1.03. The van der Waals surface area contributed by atoms with Gasteiger partial charge in [-0.15, -0.1) is 11.3 Å². The number of rotatable bonds is 4. The molecule has 5 nitrogen and oxygen atoms in total. The number of sulfone groups is 1. The van der Waals surface area contributed by atoms with Crippen molar-refractivity contribution in [2.45, 2.75) is 9.10 Å². The van der Waals surface area contributed by atoms with E-state index in [-0.39, 0.29) is 14.8 Å². The number of anilines is 1. The highest BCUT2D eigenvalue weighted by Crippen LogP contribution is 2.29. The number of sulfonamides is 1. The third-order valence-electron chi connectivity index (χ3n) is 2.34. The minimum Gasteiger partial charge on any atom is -0.278 e. The molecule has 0 fully saturated rings. The van der Waals surface area contributed by atoms with Crippen LogP contribution >= 0.6 is 27.3 Å². The molecule has 1 N–H and O–H groups in total. The van der Waals surface area contributed by atoms with Crippen LogP contribution in [0.5, 0.6) is 0 Å². The van der Waals surface area contributed by atoms with Gasteiger partial charge in [0.15, 0.2) is 9.84 Å². The molecule has 0 spiro atoms. The fourth-order valence-corrected chi connectivity index (χ4v) is 5.51. The van der Waals surface area contributed by atoms with E-state index in [1.807, 2.05) is 0 Å². The molecule has 0 saturated carbocycles. The molecule has 0 saturated heterocycles. The molecule has 2 aromatic rings. The van der Waals surface area contributed by atoms with Gasteiger partial charge in [-0.25, -0.2) is 16.8 Å². The average molecular weight is 396 g/mol. The van der Waals surface area contributed by atoms with Crippen molar-refractivity contribution in [3.05, 3.63) is 40.2 Å². The largest absolute Gasteiger partial charge is 0.278 e. The summed E-state index contributed by atoms with van der Waals surface area (Å²) >= 11 is 4.23. The highest BCUT2D eigenvalue weighted by molar-refractivity contribution is 9.11. The Morgan fingerprint density at radius 2 is 1.70 bits per heavy atom. The van der Waals surface area contributed by atoms with Gasteiger partial charge in [-0.3, -0.25) is 4.72 Å². The maximum Gasteiger partial charge on any atom is 0.271 e. The monoisotopic (exact) mass is 395 g/mol. The van der Waals surface area contributed by atoms with Gasteiger partial charge in [0.05, 0.1) is 14.4 Å². The molecule has 1 aromatic heterocycles. The Kier molecular flexibility index (Phi) is 4.24. The summed E-state index contributed by atoms with van der Waals surface area (Å²) in [5.74, 6) is 0. The first-order valence-corrected chi connectivity index (χ1v) is 10.3. The molecule has 1 aromatic carbocycles. The van der Waals surface area contributed by atoms with Crippen LogP contribution in [0, 0.1) is 0 Å². The predicted molar refractivity (Wildman–Crippen MR) is 82.4 cm³/mol. The summed E-state index contributed by atoms with van der Waals surface area (Å²) < 4.78 is 50.7. The van der Waals surface area contributed by atoms with Crippen molar-refractivity contribution >= 4 is 52.8 Å². The number of hydrogen-bond donors (Lipinski definition) is 1. The van der Waals surface area contributed by atoms with E-state index in [9.17, 15) is 16.8 Å². The smallest absolute Gasteiger partial charge is 0.271 e. The second-order valence-electron chi connectivity index (χ2n) is 3.93. The third-order valence-corrected chi connectivity index (χ3v) is 6.98. The van der Waals surface area contributed by atoms with Crippen molar-refractivity contribution in [1.29, 1.82) is 0 Å². The summed E-state index contributed by atoms with van der Waals surface area (Å²) in [5, 5.41) is 0. The van der Waals surface area contributed by atoms with Gasteiger partial charge in [0.25, 0.3) is 10.0 Å². The lowest BCUT2D eigenvalue weighted by Crippen LogP contribution is -2.14. The van der Waals surface area contributed by atoms with Crippen LogP contribution in [0.2, 0.25) is 0 Å². The summed E-state index contributed by atoms with van der Waals surface area (Å²) in [5.41, 5.74) is 0.0412. The van der Waals surface area contributed by atoms with Gasteiger partial charge in [-0.1, -0.05) is 12.1 Å². The second kappa shape index (κ2) is 5.47. The minimum atomic E-state index is -3.80. The topological polar surface area (TPSA) is 80.3 Å². The molecule has 20 heavy (non-hydrogen) atoms. The number of thiophene rings is 1. The maximum atomic E-state index is 12.2. The third kappa shape index (κ3) is 3.40. The quantitative estimate of drug-likeness (QED) is 0.862. The fraction of sp³-hybridized carbons (Fsp3) is 0.0909. The van der Waals surface area contributed by atoms with Crippen LogP contribution in [0.15, 0.2) is 49.3 Å². The van der Waals surface area contributed by atoms with Gasteiger partial charge in [-0.05, 0) is 40.2 Å². The Balaban J connectivity index is 2.46. The van der Waals surface area contributed by atoms with Gasteiger partial charge in [0.1, 0.15) is 4.21 Å². The van der Waals surface area contributed by atoms with E-state index in [0.717, 1.165) is 17.6 Å². The van der Waals surface area contributed by atoms with Crippen molar-refractivity contribution in [2.24, 2.45) is 0 Å².